The van der Waals surface area contributed by atoms with Gasteiger partial charge in [0.05, 0.1) is 5.52 Å². The summed E-state index contributed by atoms with van der Waals surface area (Å²) in [5.74, 6) is -0.0231. The van der Waals surface area contributed by atoms with Gasteiger partial charge in [-0.2, -0.15) is 22.1 Å². The molecule has 0 unspecified atom stereocenters. The number of hydrogen-bond donors (Lipinski definition) is 0. The Morgan fingerprint density at radius 3 is 2.39 bits per heavy atom. The molecule has 0 radical (unpaired) electrons. The molecule has 2 fully saturated rings. The van der Waals surface area contributed by atoms with Crippen LogP contribution < -0.4 is 0 Å². The summed E-state index contributed by atoms with van der Waals surface area (Å²) in [6.45, 7) is 3.20. The lowest BCUT2D eigenvalue weighted by Gasteiger charge is -2.31. The second-order valence-electron chi connectivity index (χ2n) is 7.49. The van der Waals surface area contributed by atoms with Gasteiger partial charge >= 0.3 is 0 Å². The van der Waals surface area contributed by atoms with Gasteiger partial charge in [0.25, 0.3) is 10.2 Å². The third-order valence-corrected chi connectivity index (χ3v) is 7.57. The molecular formula is C19H27N5O3S. The zero-order chi connectivity index (χ0) is 19.6. The van der Waals surface area contributed by atoms with E-state index in [4.69, 9.17) is 0 Å². The Labute approximate surface area is 165 Å². The van der Waals surface area contributed by atoms with Crippen LogP contribution in [-0.2, 0) is 21.5 Å². The van der Waals surface area contributed by atoms with E-state index in [0.717, 1.165) is 30.2 Å². The lowest BCUT2D eigenvalue weighted by Crippen LogP contribution is -2.47. The van der Waals surface area contributed by atoms with Crippen LogP contribution in [0.25, 0.3) is 10.9 Å². The number of aromatic nitrogens is 2. The van der Waals surface area contributed by atoms with Crippen LogP contribution in [0.15, 0.2) is 30.5 Å². The van der Waals surface area contributed by atoms with Crippen molar-refractivity contribution in [3.05, 3.63) is 30.5 Å². The summed E-state index contributed by atoms with van der Waals surface area (Å²) in [5.41, 5.74) is 0.866. The summed E-state index contributed by atoms with van der Waals surface area (Å²) in [5, 5.41) is 5.45. The Kier molecular flexibility index (Phi) is 5.65. The van der Waals surface area contributed by atoms with Gasteiger partial charge in [0.15, 0.2) is 0 Å². The summed E-state index contributed by atoms with van der Waals surface area (Å²) in [4.78, 5) is 14.5. The normalized spacial score (nSPS) is 20.4. The molecular weight excluding hydrogens is 378 g/mol. The molecule has 0 aliphatic carbocycles. The molecule has 9 heteroatoms. The second-order valence-corrected chi connectivity index (χ2v) is 9.41. The van der Waals surface area contributed by atoms with E-state index in [2.05, 4.69) is 5.10 Å². The number of fused-ring (bicyclic) bond motifs is 1. The minimum Gasteiger partial charge on any atom is -0.340 e. The largest absolute Gasteiger partial charge is 0.340 e. The topological polar surface area (TPSA) is 78.8 Å². The van der Waals surface area contributed by atoms with Gasteiger partial charge in [0.2, 0.25) is 5.91 Å². The van der Waals surface area contributed by atoms with Crippen molar-refractivity contribution in [3.63, 3.8) is 0 Å². The molecule has 2 saturated heterocycles. The lowest BCUT2D eigenvalue weighted by atomic mass is 10.2. The molecule has 0 spiro atoms. The Morgan fingerprint density at radius 2 is 1.61 bits per heavy atom. The van der Waals surface area contributed by atoms with Crippen molar-refractivity contribution in [2.75, 3.05) is 39.3 Å². The maximum Gasteiger partial charge on any atom is 0.282 e. The van der Waals surface area contributed by atoms with Crippen molar-refractivity contribution in [3.8, 4) is 0 Å². The third-order valence-electron chi connectivity index (χ3n) is 5.53. The standard InChI is InChI=1S/C19H27N5O3S/c25-19(16-22-15-17-7-2-3-8-18(17)20-22)21-9-6-12-24(14-13-21)28(26,27)23-10-4-1-5-11-23/h2-3,7-8,15H,1,4-6,9-14,16H2. The molecule has 8 nitrogen and oxygen atoms in total. The van der Waals surface area contributed by atoms with Gasteiger partial charge < -0.3 is 4.90 Å². The summed E-state index contributed by atoms with van der Waals surface area (Å²) in [6, 6.07) is 7.76. The number of carbonyl (C=O) groups excluding carboxylic acids is 1. The van der Waals surface area contributed by atoms with E-state index in [1.54, 1.807) is 18.2 Å². The van der Waals surface area contributed by atoms with Gasteiger partial charge in [0.1, 0.15) is 6.54 Å². The van der Waals surface area contributed by atoms with Crippen LogP contribution in [0.2, 0.25) is 0 Å². The van der Waals surface area contributed by atoms with Gasteiger partial charge in [-0.1, -0.05) is 24.6 Å². The molecule has 3 heterocycles. The van der Waals surface area contributed by atoms with Crippen LogP contribution in [-0.4, -0.2) is 76.9 Å². The van der Waals surface area contributed by atoms with E-state index in [1.165, 1.54) is 0 Å². The minimum absolute atomic E-state index is 0.0231. The first-order valence-electron chi connectivity index (χ1n) is 9.99. The van der Waals surface area contributed by atoms with E-state index in [1.807, 2.05) is 30.5 Å². The first-order chi connectivity index (χ1) is 13.5. The number of amides is 1. The van der Waals surface area contributed by atoms with Crippen LogP contribution >= 0.6 is 0 Å². The number of nitrogens with zero attached hydrogens (tertiary/aromatic N) is 5. The number of carbonyl (C=O) groups is 1. The minimum atomic E-state index is -3.42. The first-order valence-corrected chi connectivity index (χ1v) is 11.4. The van der Waals surface area contributed by atoms with E-state index < -0.39 is 10.2 Å². The van der Waals surface area contributed by atoms with E-state index in [0.29, 0.717) is 45.7 Å². The van der Waals surface area contributed by atoms with Crippen molar-refractivity contribution < 1.29 is 13.2 Å². The van der Waals surface area contributed by atoms with E-state index >= 15 is 0 Å². The Hall–Kier alpha value is -1.97. The highest BCUT2D eigenvalue weighted by atomic mass is 32.2. The zero-order valence-corrected chi connectivity index (χ0v) is 16.9. The number of rotatable bonds is 4. The number of hydrogen-bond acceptors (Lipinski definition) is 4. The lowest BCUT2D eigenvalue weighted by molar-refractivity contribution is -0.131. The van der Waals surface area contributed by atoms with Crippen molar-refractivity contribution in [2.24, 2.45) is 0 Å². The van der Waals surface area contributed by atoms with Gasteiger partial charge in [-0.15, -0.1) is 0 Å². The summed E-state index contributed by atoms with van der Waals surface area (Å²) >= 11 is 0. The summed E-state index contributed by atoms with van der Waals surface area (Å²) in [7, 11) is -3.42. The third kappa shape index (κ3) is 4.06. The molecule has 152 valence electrons. The van der Waals surface area contributed by atoms with Crippen molar-refractivity contribution in [2.45, 2.75) is 32.2 Å². The molecule has 1 amide bonds. The van der Waals surface area contributed by atoms with Crippen LogP contribution in [0.3, 0.4) is 0 Å². The van der Waals surface area contributed by atoms with Crippen LogP contribution in [0.1, 0.15) is 25.7 Å². The van der Waals surface area contributed by atoms with Crippen molar-refractivity contribution in [1.29, 1.82) is 0 Å². The average molecular weight is 406 g/mol. The van der Waals surface area contributed by atoms with Gasteiger partial charge in [0, 0.05) is 50.9 Å². The van der Waals surface area contributed by atoms with Crippen molar-refractivity contribution in [1.82, 2.24) is 23.3 Å². The zero-order valence-electron chi connectivity index (χ0n) is 16.0. The Bertz CT molecular complexity index is 903. The highest BCUT2D eigenvalue weighted by molar-refractivity contribution is 7.86. The van der Waals surface area contributed by atoms with Crippen LogP contribution in [0.4, 0.5) is 0 Å². The fourth-order valence-electron chi connectivity index (χ4n) is 3.97. The molecule has 0 bridgehead atoms. The SMILES string of the molecule is O=C(Cn1cc2ccccc2n1)N1CCCN(S(=O)(=O)N2CCCCC2)CC1. The molecule has 0 N–H and O–H groups in total. The molecule has 1 aromatic heterocycles. The molecule has 4 rings (SSSR count). The summed E-state index contributed by atoms with van der Waals surface area (Å²) < 4.78 is 30.6. The Balaban J connectivity index is 1.38. The predicted octanol–water partition coefficient (Wildman–Crippen LogP) is 1.30. The maximum atomic E-state index is 12.9. The number of piperidine rings is 1. The molecule has 28 heavy (non-hydrogen) atoms. The first kappa shape index (κ1) is 19.4. The predicted molar refractivity (Wildman–Crippen MR) is 107 cm³/mol. The summed E-state index contributed by atoms with van der Waals surface area (Å²) in [6.07, 6.45) is 5.47. The molecule has 0 atom stereocenters. The average Bonchev–Trinajstić information content (AvgIpc) is 2.94. The molecule has 1 aromatic carbocycles. The van der Waals surface area contributed by atoms with Gasteiger partial charge in [-0.3, -0.25) is 9.48 Å². The second kappa shape index (κ2) is 8.18. The Morgan fingerprint density at radius 1 is 0.893 bits per heavy atom. The van der Waals surface area contributed by atoms with Gasteiger partial charge in [-0.05, 0) is 25.3 Å². The molecule has 0 saturated carbocycles. The maximum absolute atomic E-state index is 12.9. The highest BCUT2D eigenvalue weighted by Gasteiger charge is 2.32. The molecule has 2 aliphatic rings. The fraction of sp³-hybridized carbons (Fsp3) is 0.579. The van der Waals surface area contributed by atoms with E-state index in [9.17, 15) is 13.2 Å². The highest BCUT2D eigenvalue weighted by Crippen LogP contribution is 2.18. The van der Waals surface area contributed by atoms with Crippen LogP contribution in [0.5, 0.6) is 0 Å². The molecule has 2 aromatic rings. The monoisotopic (exact) mass is 405 g/mol. The van der Waals surface area contributed by atoms with Crippen LogP contribution in [0, 0.1) is 0 Å². The quantitative estimate of drug-likeness (QED) is 0.768. The smallest absolute Gasteiger partial charge is 0.282 e. The van der Waals surface area contributed by atoms with Crippen molar-refractivity contribution >= 4 is 27.0 Å². The number of benzene rings is 1. The molecule has 2 aliphatic heterocycles. The van der Waals surface area contributed by atoms with E-state index in [-0.39, 0.29) is 12.5 Å². The fourth-order valence-corrected chi connectivity index (χ4v) is 5.69. The van der Waals surface area contributed by atoms with Gasteiger partial charge in [-0.25, -0.2) is 0 Å².